The van der Waals surface area contributed by atoms with Crippen LogP contribution in [-0.4, -0.2) is 14.5 Å². The number of hydrogen-bond acceptors (Lipinski definition) is 4. The average molecular weight is 457 g/mol. The lowest BCUT2D eigenvalue weighted by Crippen LogP contribution is -2.04. The van der Waals surface area contributed by atoms with Gasteiger partial charge in [-0.15, -0.1) is 0 Å². The maximum absolute atomic E-state index is 5.75. The lowest BCUT2D eigenvalue weighted by atomic mass is 9.99. The summed E-state index contributed by atoms with van der Waals surface area (Å²) >= 11 is 0. The molecule has 0 fully saturated rings. The second-order valence-electron chi connectivity index (χ2n) is 8.38. The number of furan rings is 1. The molecule has 0 radical (unpaired) electrons. The van der Waals surface area contributed by atoms with Gasteiger partial charge in [0.2, 0.25) is 0 Å². The maximum Gasteiger partial charge on any atom is 0.147 e. The summed E-state index contributed by atoms with van der Waals surface area (Å²) in [4.78, 5) is 9.47. The molecule has 0 unspecified atom stereocenters. The molecule has 0 bridgehead atoms. The van der Waals surface area contributed by atoms with Crippen molar-refractivity contribution in [3.05, 3.63) is 127 Å². The molecule has 0 aliphatic carbocycles. The van der Waals surface area contributed by atoms with E-state index in [0.717, 1.165) is 45.0 Å². The Hall–Kier alpha value is -4.64. The van der Waals surface area contributed by atoms with Crippen molar-refractivity contribution < 1.29 is 4.42 Å². The number of fused-ring (bicyclic) bond motifs is 1. The summed E-state index contributed by atoms with van der Waals surface area (Å²) in [6.07, 6.45) is 3.35. The van der Waals surface area contributed by atoms with E-state index in [9.17, 15) is 0 Å². The van der Waals surface area contributed by atoms with Crippen LogP contribution in [-0.2, 0) is 13.1 Å². The van der Waals surface area contributed by atoms with Crippen LogP contribution in [0.5, 0.6) is 0 Å². The zero-order valence-electron chi connectivity index (χ0n) is 19.1. The molecule has 0 amide bonds. The van der Waals surface area contributed by atoms with Crippen LogP contribution < -0.4 is 5.32 Å². The Kier molecular flexibility index (Phi) is 5.57. The van der Waals surface area contributed by atoms with Gasteiger partial charge in [-0.05, 0) is 28.8 Å². The van der Waals surface area contributed by atoms with Gasteiger partial charge in [0.05, 0.1) is 23.9 Å². The molecule has 0 atom stereocenters. The summed E-state index contributed by atoms with van der Waals surface area (Å²) in [6, 6.07) is 35.2. The summed E-state index contributed by atoms with van der Waals surface area (Å²) in [6.45, 7) is 1.24. The average Bonchev–Trinajstić information content (AvgIpc) is 3.56. The first kappa shape index (κ1) is 20.9. The Labute approximate surface area is 203 Å². The quantitative estimate of drug-likeness (QED) is 0.280. The number of rotatable bonds is 7. The van der Waals surface area contributed by atoms with Crippen molar-refractivity contribution >= 4 is 16.9 Å². The lowest BCUT2D eigenvalue weighted by molar-refractivity contribution is 0.497. The van der Waals surface area contributed by atoms with E-state index in [-0.39, 0.29) is 0 Å². The summed E-state index contributed by atoms with van der Waals surface area (Å²) in [7, 11) is 0. The van der Waals surface area contributed by atoms with Crippen molar-refractivity contribution in [3.63, 3.8) is 0 Å². The van der Waals surface area contributed by atoms with Gasteiger partial charge in [0.1, 0.15) is 23.6 Å². The highest BCUT2D eigenvalue weighted by Gasteiger charge is 2.24. The molecule has 6 rings (SSSR count). The maximum atomic E-state index is 5.75. The zero-order chi connectivity index (χ0) is 23.5. The van der Waals surface area contributed by atoms with Crippen LogP contribution in [0, 0.1) is 0 Å². The Morgan fingerprint density at radius 3 is 2.09 bits per heavy atom. The van der Waals surface area contributed by atoms with Crippen LogP contribution in [0.2, 0.25) is 0 Å². The van der Waals surface area contributed by atoms with Gasteiger partial charge in [-0.25, -0.2) is 9.97 Å². The minimum atomic E-state index is 0.565. The fourth-order valence-corrected chi connectivity index (χ4v) is 4.58. The summed E-state index contributed by atoms with van der Waals surface area (Å²) in [5, 5.41) is 4.58. The predicted octanol–water partition coefficient (Wildman–Crippen LogP) is 7.02. The smallest absolute Gasteiger partial charge is 0.147 e. The number of nitrogens with one attached hydrogen (secondary N) is 1. The molecule has 5 heteroatoms. The van der Waals surface area contributed by atoms with Gasteiger partial charge >= 0.3 is 0 Å². The van der Waals surface area contributed by atoms with Crippen LogP contribution in [0.25, 0.3) is 33.4 Å². The number of nitrogens with zero attached hydrogens (tertiary/aromatic N) is 3. The molecule has 3 aromatic carbocycles. The largest absolute Gasteiger partial charge is 0.467 e. The highest BCUT2D eigenvalue weighted by Crippen LogP contribution is 2.43. The molecule has 0 spiro atoms. The van der Waals surface area contributed by atoms with E-state index in [1.54, 1.807) is 12.6 Å². The van der Waals surface area contributed by atoms with Crippen molar-refractivity contribution in [3.8, 4) is 22.4 Å². The van der Waals surface area contributed by atoms with E-state index in [0.29, 0.717) is 13.1 Å². The van der Waals surface area contributed by atoms with Crippen LogP contribution in [0.1, 0.15) is 11.3 Å². The molecule has 1 N–H and O–H groups in total. The molecule has 3 aromatic heterocycles. The predicted molar refractivity (Wildman–Crippen MR) is 140 cm³/mol. The van der Waals surface area contributed by atoms with Gasteiger partial charge in [0.15, 0.2) is 0 Å². The van der Waals surface area contributed by atoms with E-state index in [4.69, 9.17) is 14.4 Å². The summed E-state index contributed by atoms with van der Waals surface area (Å²) < 4.78 is 7.99. The van der Waals surface area contributed by atoms with Crippen molar-refractivity contribution in [1.29, 1.82) is 0 Å². The molecule has 5 nitrogen and oxygen atoms in total. The van der Waals surface area contributed by atoms with Crippen molar-refractivity contribution in [1.82, 2.24) is 14.5 Å². The van der Waals surface area contributed by atoms with Crippen molar-refractivity contribution in [2.45, 2.75) is 13.1 Å². The molecule has 170 valence electrons. The number of aromatic nitrogens is 3. The Bertz CT molecular complexity index is 1540. The normalized spacial score (nSPS) is 11.1. The first-order valence-electron chi connectivity index (χ1n) is 11.7. The lowest BCUT2D eigenvalue weighted by Gasteiger charge is -2.11. The molecule has 0 aliphatic heterocycles. The third kappa shape index (κ3) is 4.08. The minimum Gasteiger partial charge on any atom is -0.467 e. The zero-order valence-corrected chi connectivity index (χ0v) is 19.1. The van der Waals surface area contributed by atoms with Gasteiger partial charge in [-0.2, -0.15) is 0 Å². The highest BCUT2D eigenvalue weighted by atomic mass is 16.3. The summed E-state index contributed by atoms with van der Waals surface area (Å²) in [5.74, 6) is 1.68. The molecule has 0 saturated carbocycles. The number of benzene rings is 3. The monoisotopic (exact) mass is 456 g/mol. The summed E-state index contributed by atoms with van der Waals surface area (Å²) in [5.41, 5.74) is 6.49. The Balaban J connectivity index is 1.62. The first-order valence-corrected chi connectivity index (χ1v) is 11.7. The van der Waals surface area contributed by atoms with E-state index >= 15 is 0 Å². The van der Waals surface area contributed by atoms with Gasteiger partial charge in [0.25, 0.3) is 0 Å². The third-order valence-electron chi connectivity index (χ3n) is 6.15. The fraction of sp³-hybridized carbons (Fsp3) is 0.0667. The molecular formula is C30H24N4O. The van der Waals surface area contributed by atoms with E-state index in [1.807, 2.05) is 30.3 Å². The Morgan fingerprint density at radius 1 is 0.714 bits per heavy atom. The second-order valence-corrected chi connectivity index (χ2v) is 8.38. The topological polar surface area (TPSA) is 55.9 Å². The van der Waals surface area contributed by atoms with E-state index in [1.165, 1.54) is 5.56 Å². The number of hydrogen-bond donors (Lipinski definition) is 1. The SMILES string of the molecule is c1ccc(CNc2ncnc3c2c(-c2ccccc2)c(-c2ccccc2)n3Cc2ccco2)cc1. The van der Waals surface area contributed by atoms with Gasteiger partial charge < -0.3 is 14.3 Å². The second kappa shape index (κ2) is 9.31. The van der Waals surface area contributed by atoms with Gasteiger partial charge in [0, 0.05) is 12.1 Å². The molecular weight excluding hydrogens is 432 g/mol. The molecule has 0 aliphatic rings. The van der Waals surface area contributed by atoms with Gasteiger partial charge in [-0.1, -0.05) is 91.0 Å². The molecule has 6 aromatic rings. The van der Waals surface area contributed by atoms with Crippen molar-refractivity contribution in [2.24, 2.45) is 0 Å². The van der Waals surface area contributed by atoms with Crippen LogP contribution in [0.3, 0.4) is 0 Å². The van der Waals surface area contributed by atoms with E-state index in [2.05, 4.69) is 82.7 Å². The standard InChI is InChI=1S/C30H24N4O/c1-4-11-22(12-5-1)19-31-29-27-26(23-13-6-2-7-14-23)28(24-15-8-3-9-16-24)34(30(27)33-21-32-29)20-25-17-10-18-35-25/h1-18,21H,19-20H2,(H,31,32,33). The highest BCUT2D eigenvalue weighted by molar-refractivity contribution is 6.08. The number of anilines is 1. The van der Waals surface area contributed by atoms with E-state index < -0.39 is 0 Å². The van der Waals surface area contributed by atoms with Gasteiger partial charge in [-0.3, -0.25) is 0 Å². The van der Waals surface area contributed by atoms with Crippen molar-refractivity contribution in [2.75, 3.05) is 5.32 Å². The molecule has 35 heavy (non-hydrogen) atoms. The van der Waals surface area contributed by atoms with Crippen LogP contribution >= 0.6 is 0 Å². The first-order chi connectivity index (χ1) is 17.4. The Morgan fingerprint density at radius 2 is 1.40 bits per heavy atom. The fourth-order valence-electron chi connectivity index (χ4n) is 4.58. The third-order valence-corrected chi connectivity index (χ3v) is 6.15. The van der Waals surface area contributed by atoms with Crippen LogP contribution in [0.15, 0.2) is 120 Å². The minimum absolute atomic E-state index is 0.565. The van der Waals surface area contributed by atoms with Crippen LogP contribution in [0.4, 0.5) is 5.82 Å². The molecule has 0 saturated heterocycles. The molecule has 3 heterocycles.